The van der Waals surface area contributed by atoms with E-state index in [0.717, 1.165) is 31.1 Å². The molecule has 19 heavy (non-hydrogen) atoms. The average molecular weight is 264 g/mol. The van der Waals surface area contributed by atoms with Crippen molar-refractivity contribution < 1.29 is 4.74 Å². The van der Waals surface area contributed by atoms with Crippen LogP contribution in [0.5, 0.6) is 5.75 Å². The van der Waals surface area contributed by atoms with E-state index >= 15 is 0 Å². The zero-order valence-corrected chi connectivity index (χ0v) is 12.8. The molecule has 0 aliphatic heterocycles. The summed E-state index contributed by atoms with van der Waals surface area (Å²) in [5, 5.41) is 3.38. The van der Waals surface area contributed by atoms with E-state index in [2.05, 4.69) is 38.0 Å². The molecule has 1 aromatic rings. The summed E-state index contributed by atoms with van der Waals surface area (Å²) in [6.45, 7) is 11.5. The molecule has 0 amide bonds. The van der Waals surface area contributed by atoms with Crippen LogP contribution in [0.1, 0.15) is 46.2 Å². The topological polar surface area (TPSA) is 34.1 Å². The first-order chi connectivity index (χ1) is 9.11. The Kier molecular flexibility index (Phi) is 7.49. The highest BCUT2D eigenvalue weighted by molar-refractivity contribution is 5.19. The summed E-state index contributed by atoms with van der Waals surface area (Å²) < 4.78 is 5.74. The highest BCUT2D eigenvalue weighted by Gasteiger charge is 2.03. The van der Waals surface area contributed by atoms with Crippen LogP contribution < -0.4 is 10.1 Å². The molecule has 0 aliphatic rings. The first-order valence-electron chi connectivity index (χ1n) is 7.40. The first kappa shape index (κ1) is 16.0. The van der Waals surface area contributed by atoms with Gasteiger partial charge in [-0.05, 0) is 36.9 Å². The third-order valence-electron chi connectivity index (χ3n) is 2.97. The lowest BCUT2D eigenvalue weighted by molar-refractivity contribution is 0.250. The standard InChI is InChI=1S/C16H28N2O/c1-5-6-14(4)12-19-16-8-7-15(18-11-16)10-17-9-13(2)3/h7-8,11,13-14,17H,5-6,9-10,12H2,1-4H3. The van der Waals surface area contributed by atoms with Crippen molar-refractivity contribution in [2.75, 3.05) is 13.2 Å². The number of hydrogen-bond acceptors (Lipinski definition) is 3. The predicted octanol–water partition coefficient (Wildman–Crippen LogP) is 3.64. The second-order valence-electron chi connectivity index (χ2n) is 5.71. The van der Waals surface area contributed by atoms with E-state index in [1.807, 2.05) is 18.3 Å². The highest BCUT2D eigenvalue weighted by atomic mass is 16.5. The molecular weight excluding hydrogens is 236 g/mol. The van der Waals surface area contributed by atoms with E-state index in [9.17, 15) is 0 Å². The molecule has 108 valence electrons. The Morgan fingerprint density at radius 3 is 2.63 bits per heavy atom. The van der Waals surface area contributed by atoms with Crippen molar-refractivity contribution in [3.63, 3.8) is 0 Å². The SMILES string of the molecule is CCCC(C)COc1ccc(CNCC(C)C)nc1. The number of pyridine rings is 1. The fraction of sp³-hybridized carbons (Fsp3) is 0.688. The molecule has 0 saturated carbocycles. The molecule has 0 bridgehead atoms. The molecule has 1 N–H and O–H groups in total. The van der Waals surface area contributed by atoms with Crippen LogP contribution >= 0.6 is 0 Å². The van der Waals surface area contributed by atoms with Gasteiger partial charge < -0.3 is 10.1 Å². The molecule has 0 aromatic carbocycles. The maximum Gasteiger partial charge on any atom is 0.137 e. The van der Waals surface area contributed by atoms with E-state index < -0.39 is 0 Å². The van der Waals surface area contributed by atoms with Crippen LogP contribution in [0.2, 0.25) is 0 Å². The molecule has 0 aliphatic carbocycles. The molecule has 1 aromatic heterocycles. The molecule has 3 nitrogen and oxygen atoms in total. The maximum absolute atomic E-state index is 5.74. The van der Waals surface area contributed by atoms with Gasteiger partial charge in [-0.1, -0.05) is 34.1 Å². The Hall–Kier alpha value is -1.09. The predicted molar refractivity (Wildman–Crippen MR) is 80.3 cm³/mol. The quantitative estimate of drug-likeness (QED) is 0.739. The van der Waals surface area contributed by atoms with Gasteiger partial charge in [-0.2, -0.15) is 0 Å². The van der Waals surface area contributed by atoms with Gasteiger partial charge in [0.05, 0.1) is 18.5 Å². The number of nitrogens with one attached hydrogen (secondary N) is 1. The Bertz CT molecular complexity index is 335. The van der Waals surface area contributed by atoms with Gasteiger partial charge in [0.1, 0.15) is 5.75 Å². The van der Waals surface area contributed by atoms with Gasteiger partial charge in [0.15, 0.2) is 0 Å². The van der Waals surface area contributed by atoms with Gasteiger partial charge in [-0.25, -0.2) is 0 Å². The molecule has 0 saturated heterocycles. The minimum atomic E-state index is 0.609. The third kappa shape index (κ3) is 7.16. The summed E-state index contributed by atoms with van der Waals surface area (Å²) in [7, 11) is 0. The maximum atomic E-state index is 5.74. The summed E-state index contributed by atoms with van der Waals surface area (Å²) in [6, 6.07) is 4.05. The van der Waals surface area contributed by atoms with Crippen molar-refractivity contribution in [1.82, 2.24) is 10.3 Å². The van der Waals surface area contributed by atoms with Gasteiger partial charge in [0, 0.05) is 6.54 Å². The summed E-state index contributed by atoms with van der Waals surface area (Å²) in [5.74, 6) is 2.15. The highest BCUT2D eigenvalue weighted by Crippen LogP contribution is 2.12. The number of rotatable bonds is 9. The minimum absolute atomic E-state index is 0.609. The second kappa shape index (κ2) is 8.92. The lowest BCUT2D eigenvalue weighted by atomic mass is 10.1. The summed E-state index contributed by atoms with van der Waals surface area (Å²) in [6.07, 6.45) is 4.25. The molecule has 0 fully saturated rings. The smallest absolute Gasteiger partial charge is 0.137 e. The summed E-state index contributed by atoms with van der Waals surface area (Å²) in [5.41, 5.74) is 1.06. The fourth-order valence-electron chi connectivity index (χ4n) is 1.90. The molecule has 0 spiro atoms. The van der Waals surface area contributed by atoms with Crippen LogP contribution in [0.25, 0.3) is 0 Å². The lowest BCUT2D eigenvalue weighted by Gasteiger charge is -2.12. The largest absolute Gasteiger partial charge is 0.492 e. The van der Waals surface area contributed by atoms with Crippen molar-refractivity contribution in [2.45, 2.75) is 47.1 Å². The molecule has 1 heterocycles. The zero-order chi connectivity index (χ0) is 14.1. The minimum Gasteiger partial charge on any atom is -0.492 e. The van der Waals surface area contributed by atoms with E-state index in [4.69, 9.17) is 4.74 Å². The number of aromatic nitrogens is 1. The van der Waals surface area contributed by atoms with Crippen LogP contribution in [-0.4, -0.2) is 18.1 Å². The van der Waals surface area contributed by atoms with Crippen LogP contribution in [0.3, 0.4) is 0 Å². The van der Waals surface area contributed by atoms with Gasteiger partial charge >= 0.3 is 0 Å². The van der Waals surface area contributed by atoms with Gasteiger partial charge in [0.25, 0.3) is 0 Å². The summed E-state index contributed by atoms with van der Waals surface area (Å²) >= 11 is 0. The Balaban J connectivity index is 2.30. The molecular formula is C16H28N2O. The normalized spacial score (nSPS) is 12.7. The van der Waals surface area contributed by atoms with E-state index in [1.165, 1.54) is 12.8 Å². The van der Waals surface area contributed by atoms with Crippen LogP contribution in [0.15, 0.2) is 18.3 Å². The van der Waals surface area contributed by atoms with Gasteiger partial charge in [-0.15, -0.1) is 0 Å². The Morgan fingerprint density at radius 1 is 1.26 bits per heavy atom. The van der Waals surface area contributed by atoms with E-state index in [-0.39, 0.29) is 0 Å². The number of ether oxygens (including phenoxy) is 1. The molecule has 1 rings (SSSR count). The van der Waals surface area contributed by atoms with Crippen LogP contribution in [0, 0.1) is 11.8 Å². The van der Waals surface area contributed by atoms with Crippen LogP contribution in [-0.2, 0) is 6.54 Å². The lowest BCUT2D eigenvalue weighted by Crippen LogP contribution is -2.19. The van der Waals surface area contributed by atoms with Gasteiger partial charge in [-0.3, -0.25) is 4.98 Å². The van der Waals surface area contributed by atoms with Gasteiger partial charge in [0.2, 0.25) is 0 Å². The molecule has 1 atom stereocenters. The Labute approximate surface area is 117 Å². The zero-order valence-electron chi connectivity index (χ0n) is 12.8. The first-order valence-corrected chi connectivity index (χ1v) is 7.40. The van der Waals surface area contributed by atoms with Crippen molar-refractivity contribution in [3.05, 3.63) is 24.0 Å². The van der Waals surface area contributed by atoms with Crippen molar-refractivity contribution in [2.24, 2.45) is 11.8 Å². The van der Waals surface area contributed by atoms with Crippen molar-refractivity contribution in [1.29, 1.82) is 0 Å². The summed E-state index contributed by atoms with van der Waals surface area (Å²) in [4.78, 5) is 4.41. The van der Waals surface area contributed by atoms with Crippen molar-refractivity contribution >= 4 is 0 Å². The monoisotopic (exact) mass is 264 g/mol. The fourth-order valence-corrected chi connectivity index (χ4v) is 1.90. The van der Waals surface area contributed by atoms with Crippen molar-refractivity contribution in [3.8, 4) is 5.75 Å². The van der Waals surface area contributed by atoms with E-state index in [0.29, 0.717) is 11.8 Å². The number of hydrogen-bond donors (Lipinski definition) is 1. The molecule has 0 radical (unpaired) electrons. The van der Waals surface area contributed by atoms with E-state index in [1.54, 1.807) is 0 Å². The second-order valence-corrected chi connectivity index (χ2v) is 5.71. The molecule has 1 unspecified atom stereocenters. The average Bonchev–Trinajstić information content (AvgIpc) is 2.38. The molecule has 3 heteroatoms. The third-order valence-corrected chi connectivity index (χ3v) is 2.97. The Morgan fingerprint density at radius 2 is 2.05 bits per heavy atom. The number of nitrogens with zero attached hydrogens (tertiary/aromatic N) is 1. The van der Waals surface area contributed by atoms with Crippen LogP contribution in [0.4, 0.5) is 0 Å².